The lowest BCUT2D eigenvalue weighted by Crippen LogP contribution is -2.57. The molecule has 0 saturated carbocycles. The molecule has 5 unspecified atom stereocenters. The van der Waals surface area contributed by atoms with E-state index in [0.717, 1.165) is 12.8 Å². The second kappa shape index (κ2) is 14.7. The summed E-state index contributed by atoms with van der Waals surface area (Å²) in [6.45, 7) is 17.1. The standard InChI is InChI=1S/C30H47N3O4/c1-11-15-21(6)31-27(34)26(24-18-16-23(14-4)17-19-24)33(22(7)13-3)28(35)25(20(5)12-2)32-29(36)37-30(8,9)10/h4,16-22,25-26H,11-13,15H2,1-3,5-10H3,(H,31,34)(H,32,36). The van der Waals surface area contributed by atoms with Gasteiger partial charge in [-0.15, -0.1) is 6.42 Å². The van der Waals surface area contributed by atoms with Gasteiger partial charge >= 0.3 is 6.09 Å². The van der Waals surface area contributed by atoms with Gasteiger partial charge < -0.3 is 20.3 Å². The Hall–Kier alpha value is -3.01. The predicted octanol–water partition coefficient (Wildman–Crippen LogP) is 5.58. The Morgan fingerprint density at radius 3 is 2.05 bits per heavy atom. The zero-order valence-electron chi connectivity index (χ0n) is 24.2. The van der Waals surface area contributed by atoms with Crippen LogP contribution in [-0.4, -0.2) is 46.5 Å². The van der Waals surface area contributed by atoms with E-state index in [4.69, 9.17) is 11.2 Å². The van der Waals surface area contributed by atoms with E-state index in [1.54, 1.807) is 49.9 Å². The highest BCUT2D eigenvalue weighted by atomic mass is 16.6. The molecule has 206 valence electrons. The maximum atomic E-state index is 14.2. The highest BCUT2D eigenvalue weighted by molar-refractivity contribution is 5.92. The minimum Gasteiger partial charge on any atom is -0.444 e. The minimum absolute atomic E-state index is 0.0517. The zero-order valence-corrected chi connectivity index (χ0v) is 24.2. The molecule has 7 nitrogen and oxygen atoms in total. The lowest BCUT2D eigenvalue weighted by Gasteiger charge is -2.39. The minimum atomic E-state index is -0.888. The second-order valence-corrected chi connectivity index (χ2v) is 10.9. The molecular formula is C30H47N3O4. The summed E-state index contributed by atoms with van der Waals surface area (Å²) in [7, 11) is 0. The Balaban J connectivity index is 3.59. The lowest BCUT2D eigenvalue weighted by molar-refractivity contribution is -0.146. The number of terminal acetylenes is 1. The van der Waals surface area contributed by atoms with Crippen molar-refractivity contribution in [2.75, 3.05) is 0 Å². The number of carbonyl (C=O) groups is 3. The first kappa shape index (κ1) is 32.0. The van der Waals surface area contributed by atoms with Crippen molar-refractivity contribution in [3.8, 4) is 12.3 Å². The van der Waals surface area contributed by atoms with Crippen molar-refractivity contribution >= 4 is 17.9 Å². The molecule has 0 bridgehead atoms. The van der Waals surface area contributed by atoms with Gasteiger partial charge in [0.15, 0.2) is 0 Å². The molecule has 0 heterocycles. The number of carbonyl (C=O) groups excluding carboxylic acids is 3. The number of ether oxygens (including phenoxy) is 1. The summed E-state index contributed by atoms with van der Waals surface area (Å²) in [5.74, 6) is 1.83. The molecule has 0 radical (unpaired) electrons. The summed E-state index contributed by atoms with van der Waals surface area (Å²) in [4.78, 5) is 42.3. The van der Waals surface area contributed by atoms with Gasteiger partial charge in [-0.3, -0.25) is 9.59 Å². The fraction of sp³-hybridized carbons (Fsp3) is 0.633. The van der Waals surface area contributed by atoms with Crippen LogP contribution in [-0.2, 0) is 14.3 Å². The number of nitrogens with one attached hydrogen (secondary N) is 2. The first-order valence-electron chi connectivity index (χ1n) is 13.5. The van der Waals surface area contributed by atoms with E-state index >= 15 is 0 Å². The second-order valence-electron chi connectivity index (χ2n) is 10.9. The van der Waals surface area contributed by atoms with Crippen LogP contribution in [0.25, 0.3) is 0 Å². The molecule has 2 N–H and O–H groups in total. The summed E-state index contributed by atoms with van der Waals surface area (Å²) in [6, 6.07) is 5.07. The van der Waals surface area contributed by atoms with Crippen LogP contribution in [0.1, 0.15) is 105 Å². The molecule has 7 heteroatoms. The van der Waals surface area contributed by atoms with E-state index in [0.29, 0.717) is 24.0 Å². The molecule has 0 saturated heterocycles. The Morgan fingerprint density at radius 1 is 1.00 bits per heavy atom. The van der Waals surface area contributed by atoms with Crippen LogP contribution in [0.15, 0.2) is 24.3 Å². The molecule has 0 aliphatic heterocycles. The summed E-state index contributed by atoms with van der Waals surface area (Å²) in [5, 5.41) is 5.89. The number of rotatable bonds is 12. The molecule has 3 amide bonds. The summed E-state index contributed by atoms with van der Waals surface area (Å²) in [6.07, 6.45) is 7.91. The summed E-state index contributed by atoms with van der Waals surface area (Å²) < 4.78 is 5.46. The largest absolute Gasteiger partial charge is 0.444 e. The van der Waals surface area contributed by atoms with Crippen molar-refractivity contribution in [2.45, 2.75) is 118 Å². The van der Waals surface area contributed by atoms with Gasteiger partial charge in [0, 0.05) is 17.6 Å². The number of hydrogen-bond acceptors (Lipinski definition) is 4. The molecule has 5 atom stereocenters. The van der Waals surface area contributed by atoms with Gasteiger partial charge in [0.05, 0.1) is 0 Å². The number of hydrogen-bond donors (Lipinski definition) is 2. The summed E-state index contributed by atoms with van der Waals surface area (Å²) in [5.41, 5.74) is 0.641. The van der Waals surface area contributed by atoms with Crippen molar-refractivity contribution in [3.63, 3.8) is 0 Å². The van der Waals surface area contributed by atoms with Crippen LogP contribution >= 0.6 is 0 Å². The van der Waals surface area contributed by atoms with Crippen molar-refractivity contribution in [1.29, 1.82) is 0 Å². The topological polar surface area (TPSA) is 87.7 Å². The van der Waals surface area contributed by atoms with Gasteiger partial charge in [-0.2, -0.15) is 0 Å². The molecule has 0 aromatic heterocycles. The molecule has 0 aliphatic rings. The van der Waals surface area contributed by atoms with E-state index in [-0.39, 0.29) is 29.8 Å². The van der Waals surface area contributed by atoms with Crippen LogP contribution in [0.2, 0.25) is 0 Å². The number of amides is 3. The van der Waals surface area contributed by atoms with Crippen molar-refractivity contribution in [2.24, 2.45) is 5.92 Å². The smallest absolute Gasteiger partial charge is 0.408 e. The molecule has 0 aliphatic carbocycles. The summed E-state index contributed by atoms with van der Waals surface area (Å²) >= 11 is 0. The van der Waals surface area contributed by atoms with Crippen LogP contribution in [0.3, 0.4) is 0 Å². The highest BCUT2D eigenvalue weighted by Crippen LogP contribution is 2.28. The average Bonchev–Trinajstić information content (AvgIpc) is 2.83. The van der Waals surface area contributed by atoms with Gasteiger partial charge in [0.2, 0.25) is 11.8 Å². The molecule has 0 fully saturated rings. The number of benzene rings is 1. The van der Waals surface area contributed by atoms with Crippen molar-refractivity contribution in [1.82, 2.24) is 15.5 Å². The van der Waals surface area contributed by atoms with E-state index in [1.165, 1.54) is 0 Å². The SMILES string of the molecule is C#Cc1ccc(C(C(=O)NC(C)CCC)N(C(=O)C(NC(=O)OC(C)(C)C)C(C)CC)C(C)CC)cc1. The quantitative estimate of drug-likeness (QED) is 0.357. The van der Waals surface area contributed by atoms with Gasteiger partial charge in [-0.1, -0.05) is 58.6 Å². The Bertz CT molecular complexity index is 930. The van der Waals surface area contributed by atoms with Gasteiger partial charge in [-0.25, -0.2) is 4.79 Å². The molecule has 37 heavy (non-hydrogen) atoms. The van der Waals surface area contributed by atoms with Crippen LogP contribution in [0.4, 0.5) is 4.79 Å². The monoisotopic (exact) mass is 513 g/mol. The van der Waals surface area contributed by atoms with Crippen LogP contribution in [0, 0.1) is 18.3 Å². The molecule has 0 spiro atoms. The Labute approximate surface area is 224 Å². The fourth-order valence-corrected chi connectivity index (χ4v) is 4.10. The third kappa shape index (κ3) is 9.76. The fourth-order valence-electron chi connectivity index (χ4n) is 4.10. The number of nitrogens with zero attached hydrogens (tertiary/aromatic N) is 1. The molecule has 1 aromatic rings. The lowest BCUT2D eigenvalue weighted by atomic mass is 9.94. The average molecular weight is 514 g/mol. The maximum Gasteiger partial charge on any atom is 0.408 e. The van der Waals surface area contributed by atoms with Gasteiger partial charge in [0.1, 0.15) is 17.7 Å². The highest BCUT2D eigenvalue weighted by Gasteiger charge is 2.40. The normalized spacial score (nSPS) is 15.4. The molecule has 1 rings (SSSR count). The Kier molecular flexibility index (Phi) is 12.7. The first-order chi connectivity index (χ1) is 17.3. The van der Waals surface area contributed by atoms with E-state index in [9.17, 15) is 14.4 Å². The van der Waals surface area contributed by atoms with E-state index in [2.05, 4.69) is 23.5 Å². The van der Waals surface area contributed by atoms with Gasteiger partial charge in [-0.05, 0) is 71.1 Å². The third-order valence-electron chi connectivity index (χ3n) is 6.50. The van der Waals surface area contributed by atoms with Crippen LogP contribution < -0.4 is 10.6 Å². The Morgan fingerprint density at radius 2 is 1.59 bits per heavy atom. The number of alkyl carbamates (subject to hydrolysis) is 1. The van der Waals surface area contributed by atoms with E-state index < -0.39 is 23.8 Å². The third-order valence-corrected chi connectivity index (χ3v) is 6.50. The maximum absolute atomic E-state index is 14.2. The van der Waals surface area contributed by atoms with Crippen molar-refractivity contribution < 1.29 is 19.1 Å². The zero-order chi connectivity index (χ0) is 28.3. The first-order valence-corrected chi connectivity index (χ1v) is 13.5. The van der Waals surface area contributed by atoms with Crippen LogP contribution in [0.5, 0.6) is 0 Å². The van der Waals surface area contributed by atoms with E-state index in [1.807, 2.05) is 34.6 Å². The van der Waals surface area contributed by atoms with Gasteiger partial charge in [0.25, 0.3) is 0 Å². The van der Waals surface area contributed by atoms with Crippen molar-refractivity contribution in [3.05, 3.63) is 35.4 Å². The molecular weight excluding hydrogens is 466 g/mol. The molecule has 1 aromatic carbocycles. The predicted molar refractivity (Wildman–Crippen MR) is 149 cm³/mol.